The molecule has 0 amide bonds. The van der Waals surface area contributed by atoms with Gasteiger partial charge >= 0.3 is 0 Å². The molecule has 2 N–H and O–H groups in total. The van der Waals surface area contributed by atoms with Crippen molar-refractivity contribution in [3.63, 3.8) is 0 Å². The third kappa shape index (κ3) is 2.83. The molecule has 0 aliphatic heterocycles. The van der Waals surface area contributed by atoms with Crippen LogP contribution in [0, 0.1) is 0 Å². The standard InChI is InChI=1S/C16H20O4Si/c1-19-15-7-5-11(9-13(15)17)21(3,4)12-6-8-16(20-2)14(18)10-12/h5-10,17-18H,1-4H3. The van der Waals surface area contributed by atoms with E-state index in [1.807, 2.05) is 12.1 Å². The van der Waals surface area contributed by atoms with Crippen LogP contribution in [0.3, 0.4) is 0 Å². The largest absolute Gasteiger partial charge is 0.504 e. The second kappa shape index (κ2) is 5.69. The molecular formula is C16H20O4Si. The summed E-state index contributed by atoms with van der Waals surface area (Å²) in [5.74, 6) is 1.18. The summed E-state index contributed by atoms with van der Waals surface area (Å²) in [6, 6.07) is 10.9. The van der Waals surface area contributed by atoms with E-state index in [0.717, 1.165) is 10.4 Å². The molecule has 0 unspecified atom stereocenters. The van der Waals surface area contributed by atoms with Crippen LogP contribution in [-0.4, -0.2) is 32.5 Å². The number of phenols is 2. The molecule has 0 saturated heterocycles. The first-order chi connectivity index (χ1) is 9.90. The van der Waals surface area contributed by atoms with Gasteiger partial charge in [0.05, 0.1) is 14.2 Å². The Kier molecular flexibility index (Phi) is 4.13. The summed E-state index contributed by atoms with van der Waals surface area (Å²) in [5.41, 5.74) is 0. The van der Waals surface area contributed by atoms with E-state index in [-0.39, 0.29) is 11.5 Å². The molecule has 0 aliphatic carbocycles. The number of phenolic OH excluding ortho intramolecular Hbond substituents is 2. The average molecular weight is 304 g/mol. The van der Waals surface area contributed by atoms with Crippen molar-refractivity contribution in [1.82, 2.24) is 0 Å². The molecule has 0 spiro atoms. The van der Waals surface area contributed by atoms with Crippen LogP contribution in [0.25, 0.3) is 0 Å². The summed E-state index contributed by atoms with van der Waals surface area (Å²) < 4.78 is 10.2. The minimum Gasteiger partial charge on any atom is -0.504 e. The number of methoxy groups -OCH3 is 2. The fourth-order valence-corrected chi connectivity index (χ4v) is 4.65. The maximum atomic E-state index is 9.97. The minimum atomic E-state index is -2.02. The molecule has 0 fully saturated rings. The monoisotopic (exact) mass is 304 g/mol. The lowest BCUT2D eigenvalue weighted by Crippen LogP contribution is -2.52. The van der Waals surface area contributed by atoms with Crippen molar-refractivity contribution in [2.45, 2.75) is 13.1 Å². The van der Waals surface area contributed by atoms with Crippen molar-refractivity contribution in [2.24, 2.45) is 0 Å². The maximum absolute atomic E-state index is 9.97. The fourth-order valence-electron chi connectivity index (χ4n) is 2.32. The minimum absolute atomic E-state index is 0.133. The summed E-state index contributed by atoms with van der Waals surface area (Å²) in [4.78, 5) is 0. The van der Waals surface area contributed by atoms with Gasteiger partial charge in [0.15, 0.2) is 23.0 Å². The smallest absolute Gasteiger partial charge is 0.160 e. The van der Waals surface area contributed by atoms with E-state index in [1.165, 1.54) is 14.2 Å². The van der Waals surface area contributed by atoms with Crippen molar-refractivity contribution < 1.29 is 19.7 Å². The lowest BCUT2D eigenvalue weighted by Gasteiger charge is -2.24. The first-order valence-corrected chi connectivity index (χ1v) is 9.65. The molecule has 2 aromatic carbocycles. The molecule has 2 rings (SSSR count). The van der Waals surface area contributed by atoms with E-state index in [4.69, 9.17) is 9.47 Å². The second-order valence-electron chi connectivity index (χ2n) is 5.40. The summed E-state index contributed by atoms with van der Waals surface area (Å²) >= 11 is 0. The van der Waals surface area contributed by atoms with Crippen molar-refractivity contribution in [3.8, 4) is 23.0 Å². The highest BCUT2D eigenvalue weighted by molar-refractivity contribution is 7.00. The van der Waals surface area contributed by atoms with Crippen molar-refractivity contribution >= 4 is 18.4 Å². The van der Waals surface area contributed by atoms with Crippen molar-refractivity contribution in [1.29, 1.82) is 0 Å². The van der Waals surface area contributed by atoms with Gasteiger partial charge in [-0.15, -0.1) is 0 Å². The lowest BCUT2D eigenvalue weighted by molar-refractivity contribution is 0.373. The Morgan fingerprint density at radius 3 is 1.43 bits per heavy atom. The first kappa shape index (κ1) is 15.2. The Bertz CT molecular complexity index is 597. The number of hydrogen-bond acceptors (Lipinski definition) is 4. The van der Waals surface area contributed by atoms with E-state index in [9.17, 15) is 10.2 Å². The number of rotatable bonds is 4. The molecule has 0 saturated carbocycles. The third-order valence-corrected chi connectivity index (χ3v) is 7.31. The summed E-state index contributed by atoms with van der Waals surface area (Å²) in [5, 5.41) is 22.1. The van der Waals surface area contributed by atoms with Crippen LogP contribution in [0.5, 0.6) is 23.0 Å². The Morgan fingerprint density at radius 1 is 0.762 bits per heavy atom. The van der Waals surface area contributed by atoms with E-state index in [2.05, 4.69) is 13.1 Å². The molecule has 0 heterocycles. The highest BCUT2D eigenvalue weighted by Gasteiger charge is 2.27. The van der Waals surface area contributed by atoms with Gasteiger partial charge in [-0.05, 0) is 24.3 Å². The topological polar surface area (TPSA) is 58.9 Å². The van der Waals surface area contributed by atoms with Crippen LogP contribution >= 0.6 is 0 Å². The molecular weight excluding hydrogens is 284 g/mol. The number of aromatic hydroxyl groups is 2. The first-order valence-electron chi connectivity index (χ1n) is 6.65. The van der Waals surface area contributed by atoms with Crippen LogP contribution in [0.15, 0.2) is 36.4 Å². The molecule has 0 atom stereocenters. The van der Waals surface area contributed by atoms with Crippen molar-refractivity contribution in [3.05, 3.63) is 36.4 Å². The van der Waals surface area contributed by atoms with Gasteiger partial charge in [0, 0.05) is 0 Å². The van der Waals surface area contributed by atoms with Crippen LogP contribution in [0.2, 0.25) is 13.1 Å². The molecule has 0 bridgehead atoms. The lowest BCUT2D eigenvalue weighted by atomic mass is 10.3. The van der Waals surface area contributed by atoms with Gasteiger partial charge in [-0.1, -0.05) is 35.6 Å². The van der Waals surface area contributed by atoms with Gasteiger partial charge in [-0.3, -0.25) is 0 Å². The van der Waals surface area contributed by atoms with Gasteiger partial charge in [-0.2, -0.15) is 0 Å². The zero-order chi connectivity index (χ0) is 15.6. The second-order valence-corrected chi connectivity index (χ2v) is 9.80. The highest BCUT2D eigenvalue weighted by Crippen LogP contribution is 2.26. The van der Waals surface area contributed by atoms with Gasteiger partial charge in [0.25, 0.3) is 0 Å². The predicted molar refractivity (Wildman–Crippen MR) is 86.1 cm³/mol. The maximum Gasteiger partial charge on any atom is 0.160 e. The van der Waals surface area contributed by atoms with Crippen LogP contribution in [0.4, 0.5) is 0 Å². The molecule has 5 heteroatoms. The Balaban J connectivity index is 2.45. The molecule has 112 valence electrons. The fraction of sp³-hybridized carbons (Fsp3) is 0.250. The van der Waals surface area contributed by atoms with Crippen molar-refractivity contribution in [2.75, 3.05) is 14.2 Å². The molecule has 4 nitrogen and oxygen atoms in total. The van der Waals surface area contributed by atoms with Gasteiger partial charge in [0.1, 0.15) is 8.07 Å². The summed E-state index contributed by atoms with van der Waals surface area (Å²) in [6.45, 7) is 4.32. The van der Waals surface area contributed by atoms with Gasteiger partial charge in [0.2, 0.25) is 0 Å². The summed E-state index contributed by atoms with van der Waals surface area (Å²) in [7, 11) is 1.03. The Hall–Kier alpha value is -2.14. The molecule has 21 heavy (non-hydrogen) atoms. The highest BCUT2D eigenvalue weighted by atomic mass is 28.3. The zero-order valence-electron chi connectivity index (χ0n) is 12.7. The van der Waals surface area contributed by atoms with E-state index in [0.29, 0.717) is 11.5 Å². The Labute approximate surface area is 125 Å². The molecule has 0 aromatic heterocycles. The number of ether oxygens (including phenoxy) is 2. The average Bonchev–Trinajstić information content (AvgIpc) is 2.47. The van der Waals surface area contributed by atoms with Gasteiger partial charge < -0.3 is 19.7 Å². The normalized spacial score (nSPS) is 11.2. The third-order valence-electron chi connectivity index (χ3n) is 3.80. The van der Waals surface area contributed by atoms with E-state index >= 15 is 0 Å². The van der Waals surface area contributed by atoms with Crippen LogP contribution in [-0.2, 0) is 0 Å². The Morgan fingerprint density at radius 2 is 1.14 bits per heavy atom. The molecule has 2 aromatic rings. The SMILES string of the molecule is COc1ccc([Si](C)(C)c2ccc(OC)c(O)c2)cc1O. The summed E-state index contributed by atoms with van der Waals surface area (Å²) in [6.07, 6.45) is 0. The van der Waals surface area contributed by atoms with E-state index < -0.39 is 8.07 Å². The van der Waals surface area contributed by atoms with E-state index in [1.54, 1.807) is 24.3 Å². The van der Waals surface area contributed by atoms with Crippen LogP contribution < -0.4 is 19.8 Å². The molecule has 0 radical (unpaired) electrons. The number of benzene rings is 2. The zero-order valence-corrected chi connectivity index (χ0v) is 13.7. The molecule has 0 aliphatic rings. The predicted octanol–water partition coefficient (Wildman–Crippen LogP) is 1.94. The number of hydrogen-bond donors (Lipinski definition) is 2. The quantitative estimate of drug-likeness (QED) is 0.848. The van der Waals surface area contributed by atoms with Crippen LogP contribution in [0.1, 0.15) is 0 Å². The van der Waals surface area contributed by atoms with Gasteiger partial charge in [-0.25, -0.2) is 0 Å².